The number of rotatable bonds is 7. The fourth-order valence-electron chi connectivity index (χ4n) is 4.12. The average Bonchev–Trinajstić information content (AvgIpc) is 3.47. The molecule has 0 radical (unpaired) electrons. The first kappa shape index (κ1) is 24.9. The van der Waals surface area contributed by atoms with Gasteiger partial charge >= 0.3 is 12.1 Å². The molecule has 11 nitrogen and oxygen atoms in total. The summed E-state index contributed by atoms with van der Waals surface area (Å²) in [6.07, 6.45) is 3.78. The molecule has 4 rings (SSSR count). The van der Waals surface area contributed by atoms with Crippen molar-refractivity contribution in [2.24, 2.45) is 5.92 Å². The van der Waals surface area contributed by atoms with Gasteiger partial charge in [0.1, 0.15) is 11.8 Å². The van der Waals surface area contributed by atoms with Crippen molar-refractivity contribution in [3.8, 4) is 5.75 Å². The largest absolute Gasteiger partial charge is 0.490 e. The van der Waals surface area contributed by atoms with Gasteiger partial charge in [-0.25, -0.2) is 19.2 Å². The van der Waals surface area contributed by atoms with Crippen molar-refractivity contribution in [3.05, 3.63) is 18.2 Å². The number of amides is 1. The molecule has 0 aliphatic carbocycles. The number of piperidine rings is 1. The topological polar surface area (TPSA) is 119 Å². The molecule has 2 aromatic rings. The molecule has 12 heteroatoms. The molecule has 2 aromatic heterocycles. The minimum Gasteiger partial charge on any atom is -0.490 e. The molecule has 2 aliphatic heterocycles. The number of halogens is 1. The Labute approximate surface area is 204 Å². The predicted octanol–water partition coefficient (Wildman–Crippen LogP) is 2.77. The number of anilines is 2. The van der Waals surface area contributed by atoms with Gasteiger partial charge in [-0.2, -0.15) is 4.98 Å². The number of ether oxygens (including phenoxy) is 2. The molecular formula is C23H34FN7O4. The number of nitrogens with zero attached hydrogens (tertiary/aromatic N) is 6. The molecule has 2 aliphatic rings. The Morgan fingerprint density at radius 1 is 1.20 bits per heavy atom. The lowest BCUT2D eigenvalue weighted by Crippen LogP contribution is -2.44. The van der Waals surface area contributed by atoms with E-state index in [-0.39, 0.29) is 25.1 Å². The van der Waals surface area contributed by atoms with Crippen LogP contribution < -0.4 is 19.9 Å². The summed E-state index contributed by atoms with van der Waals surface area (Å²) in [6, 6.07) is 0.343. The van der Waals surface area contributed by atoms with Crippen molar-refractivity contribution in [1.29, 1.82) is 0 Å². The number of alkyl carbamates (subject to hydrolysis) is 1. The molecule has 0 spiro atoms. The van der Waals surface area contributed by atoms with Gasteiger partial charge in [-0.3, -0.25) is 0 Å². The number of nitrogens with one attached hydrogen (secondary N) is 1. The summed E-state index contributed by atoms with van der Waals surface area (Å²) in [5.41, 5.74) is -0.534. The quantitative estimate of drug-likeness (QED) is 0.619. The van der Waals surface area contributed by atoms with Crippen LogP contribution in [0.3, 0.4) is 0 Å². The molecule has 4 heterocycles. The molecule has 2 saturated heterocycles. The molecule has 1 N–H and O–H groups in total. The van der Waals surface area contributed by atoms with Crippen LogP contribution in [0.2, 0.25) is 0 Å². The number of alkyl halides is 1. The maximum atomic E-state index is 14.8. The number of hydrogen-bond donors (Lipinski definition) is 1. The van der Waals surface area contributed by atoms with Crippen LogP contribution in [-0.4, -0.2) is 76.8 Å². The van der Waals surface area contributed by atoms with Gasteiger partial charge in [-0.15, -0.1) is 0 Å². The predicted molar refractivity (Wildman–Crippen MR) is 126 cm³/mol. The summed E-state index contributed by atoms with van der Waals surface area (Å²) in [7, 11) is 0. The number of carbonyl (C=O) groups excluding carboxylic acids is 1. The van der Waals surface area contributed by atoms with Gasteiger partial charge in [0.25, 0.3) is 0 Å². The molecule has 0 bridgehead atoms. The minimum atomic E-state index is -1.07. The van der Waals surface area contributed by atoms with Crippen molar-refractivity contribution in [2.45, 2.75) is 64.8 Å². The van der Waals surface area contributed by atoms with E-state index < -0.39 is 17.9 Å². The smallest absolute Gasteiger partial charge is 0.407 e. The average molecular weight is 492 g/mol. The molecule has 1 unspecified atom stereocenters. The fraction of sp³-hybridized carbons (Fsp3) is 0.696. The van der Waals surface area contributed by atoms with Crippen LogP contribution in [0.15, 0.2) is 16.9 Å². The van der Waals surface area contributed by atoms with E-state index in [9.17, 15) is 9.18 Å². The van der Waals surface area contributed by atoms with E-state index in [0.29, 0.717) is 49.5 Å². The first-order valence-corrected chi connectivity index (χ1v) is 12.1. The van der Waals surface area contributed by atoms with Crippen LogP contribution in [0.1, 0.15) is 46.4 Å². The van der Waals surface area contributed by atoms with E-state index in [0.717, 1.165) is 13.0 Å². The molecule has 192 valence electrons. The van der Waals surface area contributed by atoms with E-state index >= 15 is 0 Å². The molecule has 35 heavy (non-hydrogen) atoms. The minimum absolute atomic E-state index is 0.0301. The van der Waals surface area contributed by atoms with E-state index in [4.69, 9.17) is 14.0 Å². The SMILES string of the molecule is CCc1noc(N2CCC(COc3cnc(N4CC[C@@H](NC(=O)OC(C)(C)C)C4)nc3)[C@H](F)C2)n1. The van der Waals surface area contributed by atoms with Gasteiger partial charge in [0.05, 0.1) is 31.6 Å². The Balaban J connectivity index is 1.22. The second kappa shape index (κ2) is 10.6. The van der Waals surface area contributed by atoms with Gasteiger partial charge in [0.15, 0.2) is 11.6 Å². The molecule has 2 fully saturated rings. The van der Waals surface area contributed by atoms with Crippen LogP contribution in [0.4, 0.5) is 21.1 Å². The number of aromatic nitrogens is 4. The van der Waals surface area contributed by atoms with E-state index in [1.165, 1.54) is 0 Å². The lowest BCUT2D eigenvalue weighted by Gasteiger charge is -2.33. The molecular weight excluding hydrogens is 457 g/mol. The second-order valence-corrected chi connectivity index (χ2v) is 9.97. The van der Waals surface area contributed by atoms with Gasteiger partial charge in [0, 0.05) is 32.0 Å². The number of aryl methyl sites for hydroxylation is 1. The van der Waals surface area contributed by atoms with Crippen molar-refractivity contribution >= 4 is 18.1 Å². The summed E-state index contributed by atoms with van der Waals surface area (Å²) in [4.78, 5) is 28.8. The van der Waals surface area contributed by atoms with Gasteiger partial charge < -0.3 is 29.1 Å². The molecule has 0 aromatic carbocycles. The van der Waals surface area contributed by atoms with Gasteiger partial charge in [-0.05, 0) is 33.6 Å². The Bertz CT molecular complexity index is 981. The highest BCUT2D eigenvalue weighted by atomic mass is 19.1. The van der Waals surface area contributed by atoms with Gasteiger partial charge in [0.2, 0.25) is 5.95 Å². The molecule has 0 saturated carbocycles. The lowest BCUT2D eigenvalue weighted by atomic mass is 9.96. The van der Waals surface area contributed by atoms with Crippen molar-refractivity contribution in [2.75, 3.05) is 42.6 Å². The second-order valence-electron chi connectivity index (χ2n) is 9.97. The first-order chi connectivity index (χ1) is 16.7. The van der Waals surface area contributed by atoms with Crippen LogP contribution in [0, 0.1) is 5.92 Å². The fourth-order valence-corrected chi connectivity index (χ4v) is 4.12. The maximum Gasteiger partial charge on any atom is 0.407 e. The molecule has 3 atom stereocenters. The van der Waals surface area contributed by atoms with Crippen LogP contribution in [0.5, 0.6) is 5.75 Å². The third-order valence-electron chi connectivity index (χ3n) is 5.99. The first-order valence-electron chi connectivity index (χ1n) is 12.1. The zero-order valence-electron chi connectivity index (χ0n) is 20.7. The summed E-state index contributed by atoms with van der Waals surface area (Å²) in [5.74, 6) is 1.44. The summed E-state index contributed by atoms with van der Waals surface area (Å²) < 4.78 is 31.1. The highest BCUT2D eigenvalue weighted by Gasteiger charge is 2.32. The van der Waals surface area contributed by atoms with Crippen molar-refractivity contribution < 1.29 is 23.2 Å². The summed E-state index contributed by atoms with van der Waals surface area (Å²) >= 11 is 0. The Kier molecular flexibility index (Phi) is 7.56. The number of hydrogen-bond acceptors (Lipinski definition) is 10. The maximum absolute atomic E-state index is 14.8. The van der Waals surface area contributed by atoms with Crippen LogP contribution in [-0.2, 0) is 11.2 Å². The zero-order valence-corrected chi connectivity index (χ0v) is 20.7. The van der Waals surface area contributed by atoms with Crippen molar-refractivity contribution in [3.63, 3.8) is 0 Å². The Hall–Kier alpha value is -3.18. The third kappa shape index (κ3) is 6.70. The van der Waals surface area contributed by atoms with Crippen LogP contribution in [0.25, 0.3) is 0 Å². The Morgan fingerprint density at radius 2 is 1.94 bits per heavy atom. The highest BCUT2D eigenvalue weighted by molar-refractivity contribution is 5.68. The van der Waals surface area contributed by atoms with E-state index in [1.54, 1.807) is 17.3 Å². The van der Waals surface area contributed by atoms with Gasteiger partial charge in [-0.1, -0.05) is 12.1 Å². The summed E-state index contributed by atoms with van der Waals surface area (Å²) in [6.45, 7) is 9.83. The normalized spacial score (nSPS) is 22.8. The molecule has 1 amide bonds. The van der Waals surface area contributed by atoms with Crippen LogP contribution >= 0.6 is 0 Å². The van der Waals surface area contributed by atoms with Crippen molar-refractivity contribution in [1.82, 2.24) is 25.4 Å². The van der Waals surface area contributed by atoms with E-state index in [2.05, 4.69) is 25.4 Å². The number of carbonyl (C=O) groups is 1. The zero-order chi connectivity index (χ0) is 25.0. The highest BCUT2D eigenvalue weighted by Crippen LogP contribution is 2.26. The lowest BCUT2D eigenvalue weighted by molar-refractivity contribution is 0.0509. The third-order valence-corrected chi connectivity index (χ3v) is 5.99. The Morgan fingerprint density at radius 3 is 2.60 bits per heavy atom. The summed E-state index contributed by atoms with van der Waals surface area (Å²) in [5, 5.41) is 6.77. The standard InChI is InChI=1S/C23H34FN7O4/c1-5-19-28-21(35-29-19)31-8-6-15(18(24)13-31)14-33-17-10-25-20(26-11-17)30-9-7-16(12-30)27-22(32)34-23(2,3)4/h10-11,15-16,18H,5-9,12-14H2,1-4H3,(H,27,32)/t15?,16-,18-/m1/s1. The monoisotopic (exact) mass is 491 g/mol. The van der Waals surface area contributed by atoms with E-state index in [1.807, 2.05) is 32.6 Å².